The molecule has 0 saturated carbocycles. The third kappa shape index (κ3) is 6.21. The smallest absolute Gasteiger partial charge is 0.387 e. The van der Waals surface area contributed by atoms with Gasteiger partial charge in [-0.05, 0) is 30.4 Å². The molecule has 1 aromatic carbocycles. The van der Waals surface area contributed by atoms with Crippen molar-refractivity contribution in [1.29, 1.82) is 0 Å². The van der Waals surface area contributed by atoms with Gasteiger partial charge in [-0.1, -0.05) is 19.1 Å². The minimum atomic E-state index is -2.76. The van der Waals surface area contributed by atoms with Gasteiger partial charge in [0, 0.05) is 18.3 Å². The Hall–Kier alpha value is -0.810. The first-order valence-corrected chi connectivity index (χ1v) is 7.12. The summed E-state index contributed by atoms with van der Waals surface area (Å²) in [6, 6.07) is 7.16. The number of hydrogen-bond acceptors (Lipinski definition) is 3. The van der Waals surface area contributed by atoms with E-state index in [0.29, 0.717) is 6.04 Å². The van der Waals surface area contributed by atoms with Crippen LogP contribution in [0.25, 0.3) is 0 Å². The number of hydrogen-bond donors (Lipinski definition) is 1. The summed E-state index contributed by atoms with van der Waals surface area (Å²) < 4.78 is 28.2. The van der Waals surface area contributed by atoms with Crippen molar-refractivity contribution in [2.45, 2.75) is 33.0 Å². The largest absolute Gasteiger partial charge is 0.435 e. The van der Waals surface area contributed by atoms with Crippen LogP contribution in [0.3, 0.4) is 0 Å². The van der Waals surface area contributed by atoms with Gasteiger partial charge in [0.15, 0.2) is 0 Å². The van der Waals surface area contributed by atoms with E-state index < -0.39 is 6.61 Å². The van der Waals surface area contributed by atoms with Gasteiger partial charge in [0.1, 0.15) is 5.75 Å². The molecule has 2 nitrogen and oxygen atoms in total. The van der Waals surface area contributed by atoms with Crippen LogP contribution in [-0.4, -0.2) is 24.2 Å². The van der Waals surface area contributed by atoms with Crippen LogP contribution in [0.4, 0.5) is 8.78 Å². The van der Waals surface area contributed by atoms with Crippen LogP contribution in [0.2, 0.25) is 0 Å². The Labute approximate surface area is 111 Å². The van der Waals surface area contributed by atoms with E-state index in [4.69, 9.17) is 0 Å². The molecule has 1 rings (SSSR count). The maximum atomic E-state index is 12.0. The Balaban J connectivity index is 2.34. The molecule has 0 aromatic heterocycles. The zero-order chi connectivity index (χ0) is 13.4. The van der Waals surface area contributed by atoms with Gasteiger partial charge in [0.2, 0.25) is 0 Å². The zero-order valence-electron chi connectivity index (χ0n) is 10.7. The second-order valence-electron chi connectivity index (χ2n) is 3.96. The average Bonchev–Trinajstić information content (AvgIpc) is 2.35. The van der Waals surface area contributed by atoms with Gasteiger partial charge in [0.05, 0.1) is 0 Å². The predicted octanol–water partition coefficient (Wildman–Crippen LogP) is 3.52. The number of benzene rings is 1. The fraction of sp³-hybridized carbons (Fsp3) is 0.538. The van der Waals surface area contributed by atoms with Crippen molar-refractivity contribution in [3.8, 4) is 5.75 Å². The highest BCUT2D eigenvalue weighted by molar-refractivity contribution is 7.99. The van der Waals surface area contributed by atoms with Crippen LogP contribution in [0.5, 0.6) is 5.75 Å². The van der Waals surface area contributed by atoms with E-state index in [1.165, 1.54) is 0 Å². The molecule has 0 saturated heterocycles. The van der Waals surface area contributed by atoms with Gasteiger partial charge < -0.3 is 10.1 Å². The summed E-state index contributed by atoms with van der Waals surface area (Å²) in [6.45, 7) is 2.25. The number of thioether (sulfide) groups is 1. The molecule has 0 bridgehead atoms. The first-order valence-electron chi connectivity index (χ1n) is 5.96. The molecule has 1 N–H and O–H groups in total. The van der Waals surface area contributed by atoms with Crippen molar-refractivity contribution in [3.05, 3.63) is 29.8 Å². The molecule has 0 spiro atoms. The summed E-state index contributed by atoms with van der Waals surface area (Å²) in [7, 11) is 0. The number of nitrogens with one attached hydrogen (secondary N) is 1. The van der Waals surface area contributed by atoms with Crippen molar-refractivity contribution < 1.29 is 13.5 Å². The molecule has 18 heavy (non-hydrogen) atoms. The van der Waals surface area contributed by atoms with E-state index >= 15 is 0 Å². The molecule has 0 aliphatic carbocycles. The summed E-state index contributed by atoms with van der Waals surface area (Å²) in [5.41, 5.74) is 1.06. The fourth-order valence-corrected chi connectivity index (χ4v) is 2.14. The van der Waals surface area contributed by atoms with Crippen molar-refractivity contribution in [2.75, 3.05) is 11.5 Å². The Morgan fingerprint density at radius 3 is 2.50 bits per heavy atom. The quantitative estimate of drug-likeness (QED) is 0.784. The standard InChI is InChI=1S/C13H19F2NOS/c1-3-18-9-10(2)16-8-11-4-6-12(7-5-11)17-13(14)15/h4-7,10,13,16H,3,8-9H2,1-2H3. The number of rotatable bonds is 8. The normalized spacial score (nSPS) is 12.7. The molecular formula is C13H19F2NOS. The van der Waals surface area contributed by atoms with E-state index in [9.17, 15) is 8.78 Å². The molecule has 0 amide bonds. The molecule has 0 fully saturated rings. The summed E-state index contributed by atoms with van der Waals surface area (Å²) in [4.78, 5) is 0. The Kier molecular flexibility index (Phi) is 7.05. The highest BCUT2D eigenvalue weighted by Crippen LogP contribution is 2.15. The maximum absolute atomic E-state index is 12.0. The predicted molar refractivity (Wildman–Crippen MR) is 72.4 cm³/mol. The number of alkyl halides is 2. The van der Waals surface area contributed by atoms with Crippen LogP contribution >= 0.6 is 11.8 Å². The summed E-state index contributed by atoms with van der Waals surface area (Å²) in [5.74, 6) is 2.39. The summed E-state index contributed by atoms with van der Waals surface area (Å²) >= 11 is 1.89. The van der Waals surface area contributed by atoms with Crippen molar-refractivity contribution >= 4 is 11.8 Å². The molecule has 102 valence electrons. The number of halogens is 2. The highest BCUT2D eigenvalue weighted by Gasteiger charge is 2.04. The maximum Gasteiger partial charge on any atom is 0.387 e. The van der Waals surface area contributed by atoms with Crippen LogP contribution in [0, 0.1) is 0 Å². The average molecular weight is 275 g/mol. The van der Waals surface area contributed by atoms with Crippen molar-refractivity contribution in [1.82, 2.24) is 5.32 Å². The van der Waals surface area contributed by atoms with E-state index in [-0.39, 0.29) is 5.75 Å². The molecular weight excluding hydrogens is 256 g/mol. The van der Waals surface area contributed by atoms with E-state index in [0.717, 1.165) is 23.6 Å². The Morgan fingerprint density at radius 1 is 1.28 bits per heavy atom. The summed E-state index contributed by atoms with van der Waals surface area (Å²) in [5, 5.41) is 3.38. The van der Waals surface area contributed by atoms with E-state index in [1.54, 1.807) is 24.3 Å². The second-order valence-corrected chi connectivity index (χ2v) is 5.28. The van der Waals surface area contributed by atoms with Crippen LogP contribution in [-0.2, 0) is 6.54 Å². The molecule has 0 aliphatic rings. The molecule has 1 atom stereocenters. The van der Waals surface area contributed by atoms with Crippen molar-refractivity contribution in [3.63, 3.8) is 0 Å². The van der Waals surface area contributed by atoms with Gasteiger partial charge in [-0.2, -0.15) is 20.5 Å². The molecule has 0 heterocycles. The van der Waals surface area contributed by atoms with Gasteiger partial charge in [-0.15, -0.1) is 0 Å². The lowest BCUT2D eigenvalue weighted by Gasteiger charge is -2.13. The van der Waals surface area contributed by atoms with Gasteiger partial charge in [-0.25, -0.2) is 0 Å². The molecule has 1 unspecified atom stereocenters. The monoisotopic (exact) mass is 275 g/mol. The second kappa shape index (κ2) is 8.32. The lowest BCUT2D eigenvalue weighted by atomic mass is 10.2. The first-order chi connectivity index (χ1) is 8.61. The SMILES string of the molecule is CCSCC(C)NCc1ccc(OC(F)F)cc1. The van der Waals surface area contributed by atoms with Crippen LogP contribution in [0.15, 0.2) is 24.3 Å². The van der Waals surface area contributed by atoms with Crippen LogP contribution < -0.4 is 10.1 Å². The van der Waals surface area contributed by atoms with E-state index in [2.05, 4.69) is 23.9 Å². The summed E-state index contributed by atoms with van der Waals surface area (Å²) in [6.07, 6.45) is 0. The van der Waals surface area contributed by atoms with Crippen LogP contribution in [0.1, 0.15) is 19.4 Å². The van der Waals surface area contributed by atoms with E-state index in [1.807, 2.05) is 11.8 Å². The lowest BCUT2D eigenvalue weighted by molar-refractivity contribution is -0.0498. The zero-order valence-corrected chi connectivity index (χ0v) is 11.5. The van der Waals surface area contributed by atoms with Gasteiger partial charge >= 0.3 is 6.61 Å². The third-order valence-electron chi connectivity index (χ3n) is 2.38. The fourth-order valence-electron chi connectivity index (χ4n) is 1.43. The lowest BCUT2D eigenvalue weighted by Crippen LogP contribution is -2.27. The van der Waals surface area contributed by atoms with Gasteiger partial charge in [0.25, 0.3) is 0 Å². The third-order valence-corrected chi connectivity index (χ3v) is 3.52. The first kappa shape index (κ1) is 15.2. The topological polar surface area (TPSA) is 21.3 Å². The minimum Gasteiger partial charge on any atom is -0.435 e. The molecule has 0 radical (unpaired) electrons. The van der Waals surface area contributed by atoms with Crippen molar-refractivity contribution in [2.24, 2.45) is 0 Å². The van der Waals surface area contributed by atoms with Gasteiger partial charge in [-0.3, -0.25) is 0 Å². The minimum absolute atomic E-state index is 0.198. The highest BCUT2D eigenvalue weighted by atomic mass is 32.2. The number of ether oxygens (including phenoxy) is 1. The molecule has 0 aliphatic heterocycles. The molecule has 1 aromatic rings. The molecule has 5 heteroatoms. The Bertz CT molecular complexity index is 332. The Morgan fingerprint density at radius 2 is 1.94 bits per heavy atom.